The van der Waals surface area contributed by atoms with Gasteiger partial charge in [-0.2, -0.15) is 0 Å². The lowest BCUT2D eigenvalue weighted by atomic mass is 10.1. The zero-order valence-corrected chi connectivity index (χ0v) is 16.6. The molecule has 0 spiro atoms. The average molecular weight is 420 g/mol. The van der Waals surface area contributed by atoms with Gasteiger partial charge in [-0.05, 0) is 50.1 Å². The molecule has 0 radical (unpaired) electrons. The lowest BCUT2D eigenvalue weighted by Crippen LogP contribution is -2.30. The van der Waals surface area contributed by atoms with Gasteiger partial charge in [0, 0.05) is 10.2 Å². The monoisotopic (exact) mass is 419 g/mol. The first-order valence-electron chi connectivity index (χ1n) is 8.31. The maximum absolute atomic E-state index is 12.3. The van der Waals surface area contributed by atoms with E-state index in [1.807, 2.05) is 50.2 Å². The van der Waals surface area contributed by atoms with Crippen molar-refractivity contribution in [1.29, 1.82) is 0 Å². The summed E-state index contributed by atoms with van der Waals surface area (Å²) in [6.07, 6.45) is -0.819. The van der Waals surface area contributed by atoms with E-state index in [1.54, 1.807) is 13.0 Å². The molecule has 1 amide bonds. The Bertz CT molecular complexity index is 771. The molecule has 1 atom stereocenters. The Morgan fingerprint density at radius 1 is 1.12 bits per heavy atom. The number of para-hydroxylation sites is 1. The molecule has 2 aromatic carbocycles. The van der Waals surface area contributed by atoms with Crippen molar-refractivity contribution in [2.75, 3.05) is 11.9 Å². The van der Waals surface area contributed by atoms with Crippen LogP contribution in [0.5, 0.6) is 5.75 Å². The highest BCUT2D eigenvalue weighted by atomic mass is 79.9. The van der Waals surface area contributed by atoms with Gasteiger partial charge in [-0.15, -0.1) is 0 Å². The van der Waals surface area contributed by atoms with Crippen LogP contribution in [0.15, 0.2) is 46.9 Å². The third-order valence-corrected chi connectivity index (χ3v) is 4.27. The molecule has 5 nitrogen and oxygen atoms in total. The van der Waals surface area contributed by atoms with Crippen LogP contribution in [0, 0.1) is 13.8 Å². The molecule has 138 valence electrons. The standard InChI is InChI=1S/C20H22BrNO4/c1-13-6-4-7-14(2)19(13)22-20(24)15(3)26-18(23)10-11-25-17-9-5-8-16(21)12-17/h4-9,12,15H,10-11H2,1-3H3,(H,22,24)/t15-/m1/s1. The van der Waals surface area contributed by atoms with Gasteiger partial charge >= 0.3 is 5.97 Å². The normalized spacial score (nSPS) is 11.5. The lowest BCUT2D eigenvalue weighted by Gasteiger charge is -2.16. The number of esters is 1. The number of aryl methyl sites for hydroxylation is 2. The molecule has 0 aromatic heterocycles. The van der Waals surface area contributed by atoms with E-state index in [2.05, 4.69) is 21.2 Å². The third-order valence-electron chi connectivity index (χ3n) is 3.78. The van der Waals surface area contributed by atoms with Crippen LogP contribution in [0.3, 0.4) is 0 Å². The van der Waals surface area contributed by atoms with E-state index in [0.717, 1.165) is 21.3 Å². The third kappa shape index (κ3) is 5.88. The van der Waals surface area contributed by atoms with E-state index in [1.165, 1.54) is 0 Å². The SMILES string of the molecule is Cc1cccc(C)c1NC(=O)[C@@H](C)OC(=O)CCOc1cccc(Br)c1. The van der Waals surface area contributed by atoms with Gasteiger partial charge in [0.25, 0.3) is 5.91 Å². The number of carbonyl (C=O) groups is 2. The van der Waals surface area contributed by atoms with Crippen LogP contribution in [0.25, 0.3) is 0 Å². The summed E-state index contributed by atoms with van der Waals surface area (Å²) in [6.45, 7) is 5.56. The number of hydrogen-bond donors (Lipinski definition) is 1. The second-order valence-electron chi connectivity index (χ2n) is 5.94. The molecule has 2 rings (SSSR count). The van der Waals surface area contributed by atoms with Crippen molar-refractivity contribution in [3.8, 4) is 5.75 Å². The summed E-state index contributed by atoms with van der Waals surface area (Å²) in [5.41, 5.74) is 2.66. The largest absolute Gasteiger partial charge is 0.493 e. The Morgan fingerprint density at radius 2 is 1.77 bits per heavy atom. The number of halogens is 1. The fourth-order valence-corrected chi connectivity index (χ4v) is 2.73. The summed E-state index contributed by atoms with van der Waals surface area (Å²) < 4.78 is 11.6. The molecule has 0 heterocycles. The molecule has 6 heteroatoms. The minimum absolute atomic E-state index is 0.0630. The highest BCUT2D eigenvalue weighted by Gasteiger charge is 2.19. The second-order valence-corrected chi connectivity index (χ2v) is 6.86. The predicted octanol–water partition coefficient (Wildman–Crippen LogP) is 4.41. The van der Waals surface area contributed by atoms with Gasteiger partial charge in [-0.3, -0.25) is 9.59 Å². The Balaban J connectivity index is 1.80. The zero-order valence-electron chi connectivity index (χ0n) is 15.0. The fourth-order valence-electron chi connectivity index (χ4n) is 2.36. The predicted molar refractivity (Wildman–Crippen MR) is 104 cm³/mol. The summed E-state index contributed by atoms with van der Waals surface area (Å²) in [5, 5.41) is 2.82. The van der Waals surface area contributed by atoms with Gasteiger partial charge in [0.15, 0.2) is 6.10 Å². The van der Waals surface area contributed by atoms with E-state index in [-0.39, 0.29) is 18.9 Å². The highest BCUT2D eigenvalue weighted by Crippen LogP contribution is 2.20. The maximum atomic E-state index is 12.3. The van der Waals surface area contributed by atoms with Crippen molar-refractivity contribution in [1.82, 2.24) is 0 Å². The van der Waals surface area contributed by atoms with Crippen LogP contribution >= 0.6 is 15.9 Å². The first-order chi connectivity index (χ1) is 12.4. The average Bonchev–Trinajstić information content (AvgIpc) is 2.58. The Morgan fingerprint density at radius 3 is 2.42 bits per heavy atom. The van der Waals surface area contributed by atoms with Crippen molar-refractivity contribution in [2.45, 2.75) is 33.3 Å². The van der Waals surface area contributed by atoms with Gasteiger partial charge in [0.1, 0.15) is 5.75 Å². The summed E-state index contributed by atoms with van der Waals surface area (Å²) in [7, 11) is 0. The summed E-state index contributed by atoms with van der Waals surface area (Å²) >= 11 is 3.35. The van der Waals surface area contributed by atoms with Crippen LogP contribution in [0.4, 0.5) is 5.69 Å². The van der Waals surface area contributed by atoms with E-state index in [0.29, 0.717) is 5.75 Å². The Labute approximate surface area is 161 Å². The molecule has 0 saturated carbocycles. The van der Waals surface area contributed by atoms with Crippen molar-refractivity contribution in [2.24, 2.45) is 0 Å². The first kappa shape index (κ1) is 20.0. The molecule has 0 fully saturated rings. The first-order valence-corrected chi connectivity index (χ1v) is 9.11. The molecule has 0 aliphatic rings. The lowest BCUT2D eigenvalue weighted by molar-refractivity contribution is -0.153. The van der Waals surface area contributed by atoms with Gasteiger partial charge in [0.05, 0.1) is 13.0 Å². The van der Waals surface area contributed by atoms with Gasteiger partial charge in [0.2, 0.25) is 0 Å². The van der Waals surface area contributed by atoms with Crippen LogP contribution in [-0.2, 0) is 14.3 Å². The number of hydrogen-bond acceptors (Lipinski definition) is 4. The van der Waals surface area contributed by atoms with Crippen LogP contribution in [-0.4, -0.2) is 24.6 Å². The molecular weight excluding hydrogens is 398 g/mol. The Kier molecular flexibility index (Phi) is 7.21. The zero-order chi connectivity index (χ0) is 19.1. The summed E-state index contributed by atoms with van der Waals surface area (Å²) in [6, 6.07) is 13.1. The van der Waals surface area contributed by atoms with Gasteiger partial charge in [-0.1, -0.05) is 40.2 Å². The van der Waals surface area contributed by atoms with Crippen LogP contribution in [0.1, 0.15) is 24.5 Å². The minimum atomic E-state index is -0.882. The van der Waals surface area contributed by atoms with E-state index >= 15 is 0 Å². The molecule has 1 N–H and O–H groups in total. The number of amides is 1. The van der Waals surface area contributed by atoms with Crippen molar-refractivity contribution < 1.29 is 19.1 Å². The maximum Gasteiger partial charge on any atom is 0.310 e. The number of nitrogens with one attached hydrogen (secondary N) is 1. The molecule has 0 unspecified atom stereocenters. The van der Waals surface area contributed by atoms with Gasteiger partial charge in [-0.25, -0.2) is 0 Å². The fraction of sp³-hybridized carbons (Fsp3) is 0.300. The molecule has 0 saturated heterocycles. The van der Waals surface area contributed by atoms with Crippen molar-refractivity contribution in [3.05, 3.63) is 58.1 Å². The molecule has 26 heavy (non-hydrogen) atoms. The summed E-state index contributed by atoms with van der Waals surface area (Å²) in [4.78, 5) is 24.2. The number of ether oxygens (including phenoxy) is 2. The number of benzene rings is 2. The smallest absolute Gasteiger partial charge is 0.310 e. The van der Waals surface area contributed by atoms with Crippen molar-refractivity contribution >= 4 is 33.5 Å². The highest BCUT2D eigenvalue weighted by molar-refractivity contribution is 9.10. The molecule has 2 aromatic rings. The molecule has 0 aliphatic carbocycles. The second kappa shape index (κ2) is 9.38. The minimum Gasteiger partial charge on any atom is -0.493 e. The topological polar surface area (TPSA) is 64.6 Å². The van der Waals surface area contributed by atoms with Gasteiger partial charge < -0.3 is 14.8 Å². The van der Waals surface area contributed by atoms with E-state index in [9.17, 15) is 9.59 Å². The van der Waals surface area contributed by atoms with Crippen LogP contribution in [0.2, 0.25) is 0 Å². The number of rotatable bonds is 7. The van der Waals surface area contributed by atoms with E-state index < -0.39 is 12.1 Å². The quantitative estimate of drug-likeness (QED) is 0.675. The van der Waals surface area contributed by atoms with Crippen LogP contribution < -0.4 is 10.1 Å². The number of anilines is 1. The molecule has 0 bridgehead atoms. The molecule has 0 aliphatic heterocycles. The van der Waals surface area contributed by atoms with E-state index in [4.69, 9.17) is 9.47 Å². The Hall–Kier alpha value is -2.34. The molecular formula is C20H22BrNO4. The summed E-state index contributed by atoms with van der Waals surface area (Å²) in [5.74, 6) is -0.180. The number of carbonyl (C=O) groups excluding carboxylic acids is 2. The van der Waals surface area contributed by atoms with Crippen molar-refractivity contribution in [3.63, 3.8) is 0 Å².